The van der Waals surface area contributed by atoms with Gasteiger partial charge in [-0.25, -0.2) is 0 Å². The maximum absolute atomic E-state index is 14.2. The quantitative estimate of drug-likeness (QED) is 0.522. The van der Waals surface area contributed by atoms with Crippen LogP contribution in [0.4, 0.5) is 5.69 Å². The third-order valence-electron chi connectivity index (χ3n) is 7.80. The van der Waals surface area contributed by atoms with Crippen LogP contribution >= 0.6 is 11.6 Å². The summed E-state index contributed by atoms with van der Waals surface area (Å²) < 4.78 is 0. The van der Waals surface area contributed by atoms with E-state index in [1.54, 1.807) is 0 Å². The van der Waals surface area contributed by atoms with Crippen molar-refractivity contribution in [2.45, 2.75) is 25.3 Å². The summed E-state index contributed by atoms with van der Waals surface area (Å²) >= 11 is 6.26. The molecule has 0 bridgehead atoms. The molecule has 35 heavy (non-hydrogen) atoms. The summed E-state index contributed by atoms with van der Waals surface area (Å²) in [4.78, 5) is 33.9. The zero-order chi connectivity index (χ0) is 24.1. The molecule has 2 amide bonds. The molecule has 3 aliphatic rings. The van der Waals surface area contributed by atoms with Crippen LogP contribution in [0.1, 0.15) is 44.6 Å². The molecule has 178 valence electrons. The van der Waals surface area contributed by atoms with E-state index in [9.17, 15) is 9.59 Å². The van der Waals surface area contributed by atoms with E-state index in [4.69, 9.17) is 11.6 Å². The molecule has 0 aromatic heterocycles. The van der Waals surface area contributed by atoms with E-state index in [1.165, 1.54) is 11.1 Å². The van der Waals surface area contributed by atoms with Crippen LogP contribution in [0.3, 0.4) is 0 Å². The van der Waals surface area contributed by atoms with Crippen molar-refractivity contribution >= 4 is 29.1 Å². The average Bonchev–Trinajstić information content (AvgIpc) is 2.90. The highest BCUT2D eigenvalue weighted by molar-refractivity contribution is 6.30. The summed E-state index contributed by atoms with van der Waals surface area (Å²) in [7, 11) is 0. The summed E-state index contributed by atoms with van der Waals surface area (Å²) in [5.41, 5.74) is 6.17. The molecular formula is C29H28ClN3O2. The Labute approximate surface area is 210 Å². The Kier molecular flexibility index (Phi) is 5.53. The predicted molar refractivity (Wildman–Crippen MR) is 138 cm³/mol. The molecule has 0 radical (unpaired) electrons. The van der Waals surface area contributed by atoms with E-state index in [2.05, 4.69) is 24.0 Å². The molecule has 2 atom stereocenters. The van der Waals surface area contributed by atoms with Crippen LogP contribution in [0, 0.1) is 6.92 Å². The molecule has 6 rings (SSSR count). The van der Waals surface area contributed by atoms with Gasteiger partial charge in [0, 0.05) is 49.0 Å². The molecule has 0 aliphatic carbocycles. The monoisotopic (exact) mass is 485 g/mol. The number of aryl methyl sites for hydroxylation is 1. The Morgan fingerprint density at radius 3 is 2.40 bits per heavy atom. The van der Waals surface area contributed by atoms with Gasteiger partial charge in [-0.1, -0.05) is 60.1 Å². The summed E-state index contributed by atoms with van der Waals surface area (Å²) in [5, 5.41) is 0.726. The number of benzene rings is 3. The Hall–Kier alpha value is -3.31. The Bertz CT molecular complexity index is 1310. The van der Waals surface area contributed by atoms with Gasteiger partial charge < -0.3 is 14.7 Å². The van der Waals surface area contributed by atoms with E-state index in [-0.39, 0.29) is 17.9 Å². The lowest BCUT2D eigenvalue weighted by molar-refractivity contribution is -0.135. The molecule has 0 unspecified atom stereocenters. The van der Waals surface area contributed by atoms with Crippen LogP contribution in [0.25, 0.3) is 0 Å². The fourth-order valence-electron chi connectivity index (χ4n) is 6.03. The third-order valence-corrected chi connectivity index (χ3v) is 8.04. The smallest absolute Gasteiger partial charge is 0.254 e. The fourth-order valence-corrected chi connectivity index (χ4v) is 6.20. The summed E-state index contributed by atoms with van der Waals surface area (Å²) in [6, 6.07) is 21.7. The molecule has 1 saturated heterocycles. The van der Waals surface area contributed by atoms with Gasteiger partial charge in [0.05, 0.1) is 12.0 Å². The van der Waals surface area contributed by atoms with Gasteiger partial charge in [-0.3, -0.25) is 9.59 Å². The standard InChI is InChI=1S/C29H28ClN3O2/c1-19-10-11-21(30)18-25(19)31-14-16-32(17-15-31)29(35)26-23-8-4-5-9-24(23)28(34)33-13-12-20-6-2-3-7-22(20)27(26)33/h2-11,18,26-27H,12-17H2,1H3/t26-,27+/m1/s1. The fraction of sp³-hybridized carbons (Fsp3) is 0.310. The molecule has 3 aliphatic heterocycles. The number of amides is 2. The number of carbonyl (C=O) groups is 2. The van der Waals surface area contributed by atoms with Crippen molar-refractivity contribution in [3.63, 3.8) is 0 Å². The van der Waals surface area contributed by atoms with Gasteiger partial charge in [-0.2, -0.15) is 0 Å². The third kappa shape index (κ3) is 3.69. The highest BCUT2D eigenvalue weighted by Gasteiger charge is 2.47. The molecule has 3 aromatic rings. The summed E-state index contributed by atoms with van der Waals surface area (Å²) in [5.74, 6) is -0.255. The van der Waals surface area contributed by atoms with Gasteiger partial charge in [-0.05, 0) is 53.8 Å². The number of carbonyl (C=O) groups excluding carboxylic acids is 2. The van der Waals surface area contributed by atoms with Crippen molar-refractivity contribution in [2.24, 2.45) is 0 Å². The highest BCUT2D eigenvalue weighted by Crippen LogP contribution is 2.46. The maximum atomic E-state index is 14.2. The van der Waals surface area contributed by atoms with Gasteiger partial charge in [0.1, 0.15) is 0 Å². The second kappa shape index (κ2) is 8.72. The largest absolute Gasteiger partial charge is 0.368 e. The van der Waals surface area contributed by atoms with E-state index in [1.807, 2.05) is 64.4 Å². The average molecular weight is 486 g/mol. The van der Waals surface area contributed by atoms with E-state index >= 15 is 0 Å². The highest BCUT2D eigenvalue weighted by atomic mass is 35.5. The van der Waals surface area contributed by atoms with Crippen molar-refractivity contribution in [1.82, 2.24) is 9.80 Å². The van der Waals surface area contributed by atoms with Gasteiger partial charge in [0.15, 0.2) is 0 Å². The van der Waals surface area contributed by atoms with Crippen molar-refractivity contribution < 1.29 is 9.59 Å². The lowest BCUT2D eigenvalue weighted by Gasteiger charge is -2.47. The SMILES string of the molecule is Cc1ccc(Cl)cc1N1CCN(C(=O)[C@@H]2c3ccccc3C(=O)N3CCc4ccccc4[C@@H]23)CC1. The molecule has 5 nitrogen and oxygen atoms in total. The second-order valence-electron chi connectivity index (χ2n) is 9.70. The Morgan fingerprint density at radius 2 is 1.60 bits per heavy atom. The first kappa shape index (κ1) is 22.2. The maximum Gasteiger partial charge on any atom is 0.254 e. The topological polar surface area (TPSA) is 43.9 Å². The number of piperazine rings is 1. The van der Waals surface area contributed by atoms with Gasteiger partial charge in [0.25, 0.3) is 5.91 Å². The number of anilines is 1. The van der Waals surface area contributed by atoms with Crippen LogP contribution in [-0.2, 0) is 11.2 Å². The molecule has 0 saturated carbocycles. The minimum atomic E-state index is -0.398. The van der Waals surface area contributed by atoms with Crippen LogP contribution < -0.4 is 4.90 Å². The summed E-state index contributed by atoms with van der Waals surface area (Å²) in [6.07, 6.45) is 0.819. The van der Waals surface area contributed by atoms with Crippen molar-refractivity contribution in [2.75, 3.05) is 37.6 Å². The van der Waals surface area contributed by atoms with Crippen molar-refractivity contribution in [3.8, 4) is 0 Å². The number of hydrogen-bond donors (Lipinski definition) is 0. The zero-order valence-corrected chi connectivity index (χ0v) is 20.5. The first-order valence-electron chi connectivity index (χ1n) is 12.3. The first-order chi connectivity index (χ1) is 17.0. The number of halogens is 1. The molecule has 3 heterocycles. The van der Waals surface area contributed by atoms with E-state index < -0.39 is 5.92 Å². The van der Waals surface area contributed by atoms with Gasteiger partial charge >= 0.3 is 0 Å². The van der Waals surface area contributed by atoms with Crippen molar-refractivity contribution in [3.05, 3.63) is 99.6 Å². The second-order valence-corrected chi connectivity index (χ2v) is 10.1. The molecule has 3 aromatic carbocycles. The summed E-state index contributed by atoms with van der Waals surface area (Å²) in [6.45, 7) is 5.53. The van der Waals surface area contributed by atoms with E-state index in [0.29, 0.717) is 25.2 Å². The molecule has 0 spiro atoms. The number of rotatable bonds is 2. The lowest BCUT2D eigenvalue weighted by Crippen LogP contribution is -2.54. The lowest BCUT2D eigenvalue weighted by atomic mass is 9.75. The van der Waals surface area contributed by atoms with Crippen LogP contribution in [-0.4, -0.2) is 54.3 Å². The van der Waals surface area contributed by atoms with E-state index in [0.717, 1.165) is 41.3 Å². The molecule has 0 N–H and O–H groups in total. The minimum Gasteiger partial charge on any atom is -0.368 e. The molecule has 6 heteroatoms. The Balaban J connectivity index is 1.33. The van der Waals surface area contributed by atoms with Crippen LogP contribution in [0.15, 0.2) is 66.7 Å². The zero-order valence-electron chi connectivity index (χ0n) is 19.8. The number of fused-ring (bicyclic) bond motifs is 4. The van der Waals surface area contributed by atoms with Crippen molar-refractivity contribution in [1.29, 1.82) is 0 Å². The first-order valence-corrected chi connectivity index (χ1v) is 12.7. The Morgan fingerprint density at radius 1 is 0.886 bits per heavy atom. The number of nitrogens with zero attached hydrogens (tertiary/aromatic N) is 3. The van der Waals surface area contributed by atoms with Crippen LogP contribution in [0.5, 0.6) is 0 Å². The van der Waals surface area contributed by atoms with Gasteiger partial charge in [0.2, 0.25) is 5.91 Å². The molecule has 1 fully saturated rings. The minimum absolute atomic E-state index is 0.0328. The van der Waals surface area contributed by atoms with Gasteiger partial charge in [-0.15, -0.1) is 0 Å². The predicted octanol–water partition coefficient (Wildman–Crippen LogP) is 4.83. The number of hydrogen-bond acceptors (Lipinski definition) is 3. The molecular weight excluding hydrogens is 458 g/mol. The van der Waals surface area contributed by atoms with Crippen LogP contribution in [0.2, 0.25) is 5.02 Å². The normalized spacial score (nSPS) is 21.3.